The molecular formula is C16H15FN2O5. The Balaban J connectivity index is 0.000000425. The number of carbonyl (C=O) groups excluding carboxylic acids is 1. The smallest absolute Gasteiger partial charge is 0.341 e. The van der Waals surface area contributed by atoms with Gasteiger partial charge in [-0.2, -0.15) is 0 Å². The minimum Gasteiger partial charge on any atom is -0.507 e. The summed E-state index contributed by atoms with van der Waals surface area (Å²) in [6.07, 6.45) is 0. The highest BCUT2D eigenvalue weighted by Gasteiger charge is 2.12. The second-order valence-electron chi connectivity index (χ2n) is 4.01. The number of hydrogen-bond donors (Lipinski definition) is 1. The largest absolute Gasteiger partial charge is 0.507 e. The number of para-hydroxylation sites is 1. The van der Waals surface area contributed by atoms with Gasteiger partial charge in [-0.05, 0) is 24.3 Å². The number of halogens is 1. The zero-order valence-corrected chi connectivity index (χ0v) is 11.9. The van der Waals surface area contributed by atoms with Crippen molar-refractivity contribution in [3.63, 3.8) is 0 Å². The summed E-state index contributed by atoms with van der Waals surface area (Å²) in [6, 6.07) is 9.25. The van der Waals surface area contributed by atoms with Crippen LogP contribution in [0.15, 0.2) is 42.5 Å². The number of nitrogens with zero attached hydrogens (tertiary/aromatic N) is 2. The van der Waals surface area contributed by atoms with Crippen LogP contribution < -0.4 is 0 Å². The van der Waals surface area contributed by atoms with Crippen molar-refractivity contribution in [2.24, 2.45) is 0 Å². The van der Waals surface area contributed by atoms with E-state index in [1.165, 1.54) is 25.3 Å². The van der Waals surface area contributed by atoms with Crippen molar-refractivity contribution in [1.82, 2.24) is 0 Å². The van der Waals surface area contributed by atoms with Crippen LogP contribution in [0.1, 0.15) is 17.8 Å². The Labute approximate surface area is 137 Å². The van der Waals surface area contributed by atoms with E-state index in [1.54, 1.807) is 12.1 Å². The van der Waals surface area contributed by atoms with E-state index >= 15 is 0 Å². The predicted octanol–water partition coefficient (Wildman–Crippen LogP) is 4.10. The van der Waals surface area contributed by atoms with Gasteiger partial charge in [0.2, 0.25) is 0 Å². The normalized spacial score (nSPS) is 8.71. The molecule has 1 N–H and O–H groups in total. The van der Waals surface area contributed by atoms with Crippen LogP contribution in [-0.4, -0.2) is 23.1 Å². The van der Waals surface area contributed by atoms with Gasteiger partial charge in [-0.1, -0.05) is 19.6 Å². The van der Waals surface area contributed by atoms with Gasteiger partial charge in [0.1, 0.15) is 11.3 Å². The summed E-state index contributed by atoms with van der Waals surface area (Å²) < 4.78 is 17.1. The first kappa shape index (κ1) is 20.5. The van der Waals surface area contributed by atoms with E-state index in [4.69, 9.17) is 11.7 Å². The number of esters is 1. The SMILES string of the molecule is C.COC(=O)c1ccccc1O.[C-]#[N+]c1ccc([N+](=O)[O-])c(F)c1. The molecule has 0 fully saturated rings. The summed E-state index contributed by atoms with van der Waals surface area (Å²) in [5.41, 5.74) is -0.365. The summed E-state index contributed by atoms with van der Waals surface area (Å²) >= 11 is 0. The second kappa shape index (κ2) is 9.53. The number of phenols is 1. The number of hydrogen-bond acceptors (Lipinski definition) is 5. The maximum Gasteiger partial charge on any atom is 0.341 e. The highest BCUT2D eigenvalue weighted by atomic mass is 19.1. The molecule has 0 aliphatic carbocycles. The Kier molecular flexibility index (Phi) is 8.15. The van der Waals surface area contributed by atoms with Crippen molar-refractivity contribution in [2.75, 3.05) is 7.11 Å². The molecule has 7 nitrogen and oxygen atoms in total. The first-order valence-electron chi connectivity index (χ1n) is 6.08. The lowest BCUT2D eigenvalue weighted by atomic mass is 10.2. The average Bonchev–Trinajstić information content (AvgIpc) is 2.54. The third kappa shape index (κ3) is 5.38. The van der Waals surface area contributed by atoms with Crippen LogP contribution in [-0.2, 0) is 4.74 Å². The summed E-state index contributed by atoms with van der Waals surface area (Å²) in [6.45, 7) is 6.51. The molecular weight excluding hydrogens is 319 g/mol. The van der Waals surface area contributed by atoms with Gasteiger partial charge in [-0.25, -0.2) is 14.0 Å². The highest BCUT2D eigenvalue weighted by molar-refractivity contribution is 5.92. The van der Waals surface area contributed by atoms with Gasteiger partial charge >= 0.3 is 11.7 Å². The molecule has 0 aromatic heterocycles. The fraction of sp³-hybridized carbons (Fsp3) is 0.125. The van der Waals surface area contributed by atoms with Crippen LogP contribution in [0.2, 0.25) is 0 Å². The third-order valence-electron chi connectivity index (χ3n) is 2.57. The van der Waals surface area contributed by atoms with E-state index < -0.39 is 22.4 Å². The standard InChI is InChI=1S/C8H8O3.C7H3FN2O2.CH4/c1-11-8(10)6-4-2-3-5-7(6)9;1-9-5-2-3-7(10(11)12)6(8)4-5;/h2-5,9H,1H3;2-4H;1H4. The van der Waals surface area contributed by atoms with Gasteiger partial charge in [0.15, 0.2) is 11.5 Å². The lowest BCUT2D eigenvalue weighted by Crippen LogP contribution is -2.00. The maximum atomic E-state index is 12.7. The fourth-order valence-corrected chi connectivity index (χ4v) is 1.47. The van der Waals surface area contributed by atoms with Crippen LogP contribution in [0.4, 0.5) is 15.8 Å². The van der Waals surface area contributed by atoms with Crippen LogP contribution in [0.5, 0.6) is 5.75 Å². The molecule has 0 heterocycles. The van der Waals surface area contributed by atoms with E-state index in [0.717, 1.165) is 12.1 Å². The van der Waals surface area contributed by atoms with Gasteiger partial charge in [0.05, 0.1) is 18.6 Å². The summed E-state index contributed by atoms with van der Waals surface area (Å²) in [7, 11) is 1.27. The molecule has 0 aliphatic rings. The van der Waals surface area contributed by atoms with Crippen molar-refractivity contribution in [3.8, 4) is 5.75 Å². The first-order valence-corrected chi connectivity index (χ1v) is 6.08. The van der Waals surface area contributed by atoms with Gasteiger partial charge < -0.3 is 9.84 Å². The molecule has 0 radical (unpaired) electrons. The highest BCUT2D eigenvalue weighted by Crippen LogP contribution is 2.22. The van der Waals surface area contributed by atoms with Crippen molar-refractivity contribution in [2.45, 2.75) is 7.43 Å². The molecule has 24 heavy (non-hydrogen) atoms. The molecule has 2 aromatic rings. The topological polar surface area (TPSA) is 94.0 Å². The van der Waals surface area contributed by atoms with Crippen molar-refractivity contribution in [1.29, 1.82) is 0 Å². The molecule has 0 atom stereocenters. The van der Waals surface area contributed by atoms with Gasteiger partial charge in [0.25, 0.3) is 0 Å². The van der Waals surface area contributed by atoms with Crippen molar-refractivity contribution < 1.29 is 24.0 Å². The number of aromatic hydroxyl groups is 1. The van der Waals surface area contributed by atoms with Gasteiger partial charge in [0, 0.05) is 6.07 Å². The number of nitro groups is 1. The number of carbonyl (C=O) groups is 1. The lowest BCUT2D eigenvalue weighted by Gasteiger charge is -1.99. The lowest BCUT2D eigenvalue weighted by molar-refractivity contribution is -0.387. The summed E-state index contributed by atoms with van der Waals surface area (Å²) in [5.74, 6) is -1.56. The van der Waals surface area contributed by atoms with Crippen LogP contribution >= 0.6 is 0 Å². The molecule has 0 unspecified atom stereocenters. The second-order valence-corrected chi connectivity index (χ2v) is 4.01. The van der Waals surface area contributed by atoms with Crippen molar-refractivity contribution >= 4 is 17.3 Å². The number of ether oxygens (including phenoxy) is 1. The van der Waals surface area contributed by atoms with E-state index in [0.29, 0.717) is 0 Å². The van der Waals surface area contributed by atoms with Crippen LogP contribution in [0.25, 0.3) is 4.85 Å². The Morgan fingerprint density at radius 1 is 1.33 bits per heavy atom. The number of methoxy groups -OCH3 is 1. The molecule has 2 rings (SSSR count). The minimum absolute atomic E-state index is 0. The summed E-state index contributed by atoms with van der Waals surface area (Å²) in [4.78, 5) is 23.1. The minimum atomic E-state index is -0.978. The van der Waals surface area contributed by atoms with E-state index in [2.05, 4.69) is 9.58 Å². The Hall–Kier alpha value is -3.47. The number of benzene rings is 2. The fourth-order valence-electron chi connectivity index (χ4n) is 1.47. The molecule has 0 bridgehead atoms. The monoisotopic (exact) mass is 334 g/mol. The van der Waals surface area contributed by atoms with Crippen molar-refractivity contribution in [3.05, 3.63) is 75.4 Å². The summed E-state index contributed by atoms with van der Waals surface area (Å²) in [5, 5.41) is 19.2. The quantitative estimate of drug-likeness (QED) is 0.386. The third-order valence-corrected chi connectivity index (χ3v) is 2.57. The van der Waals surface area contributed by atoms with E-state index in [-0.39, 0.29) is 24.4 Å². The van der Waals surface area contributed by atoms with E-state index in [1.807, 2.05) is 0 Å². The molecule has 8 heteroatoms. The van der Waals surface area contributed by atoms with Crippen LogP contribution in [0.3, 0.4) is 0 Å². The maximum absolute atomic E-state index is 12.7. The van der Waals surface area contributed by atoms with E-state index in [9.17, 15) is 19.3 Å². The van der Waals surface area contributed by atoms with Crippen LogP contribution in [0, 0.1) is 22.5 Å². The average molecular weight is 334 g/mol. The number of rotatable bonds is 2. The first-order chi connectivity index (χ1) is 10.9. The Morgan fingerprint density at radius 3 is 2.42 bits per heavy atom. The Morgan fingerprint density at radius 2 is 1.96 bits per heavy atom. The molecule has 0 spiro atoms. The molecule has 0 amide bonds. The molecule has 0 saturated heterocycles. The number of nitro benzene ring substituents is 1. The number of phenolic OH excluding ortho intramolecular Hbond substituents is 1. The van der Waals surface area contributed by atoms with Gasteiger partial charge in [-0.15, -0.1) is 0 Å². The molecule has 0 aliphatic heterocycles. The molecule has 0 saturated carbocycles. The zero-order valence-electron chi connectivity index (χ0n) is 11.9. The Bertz CT molecular complexity index is 771. The molecule has 2 aromatic carbocycles. The predicted molar refractivity (Wildman–Crippen MR) is 85.5 cm³/mol. The molecule has 126 valence electrons. The zero-order chi connectivity index (χ0) is 17.4. The van der Waals surface area contributed by atoms with Gasteiger partial charge in [-0.3, -0.25) is 10.1 Å².